The van der Waals surface area contributed by atoms with Crippen LogP contribution in [0.1, 0.15) is 0 Å². The van der Waals surface area contributed by atoms with E-state index in [1.165, 1.54) is 16.3 Å². The minimum Gasteiger partial charge on any atom is -0.368 e. The molecule has 0 fully saturated rings. The quantitative estimate of drug-likeness (QED) is 0.465. The summed E-state index contributed by atoms with van der Waals surface area (Å²) in [5, 5.41) is 4.94. The van der Waals surface area contributed by atoms with Gasteiger partial charge in [0, 0.05) is 13.6 Å². The fraction of sp³-hybridized carbons (Fsp3) is 0.0909. The summed E-state index contributed by atoms with van der Waals surface area (Å²) >= 11 is 7.13. The Morgan fingerprint density at radius 1 is 1.30 bits per heavy atom. The molecule has 0 bridgehead atoms. The Morgan fingerprint density at radius 2 is 2.10 bits per heavy atom. The fourth-order valence-corrected chi connectivity index (χ4v) is 2.75. The molecule has 9 heteroatoms. The van der Waals surface area contributed by atoms with E-state index in [4.69, 9.17) is 5.73 Å². The molecule has 3 aromatic rings. The third-order valence-electron chi connectivity index (χ3n) is 2.57. The largest absolute Gasteiger partial charge is 0.368 e. The van der Waals surface area contributed by atoms with Gasteiger partial charge in [-0.15, -0.1) is 5.10 Å². The first-order valence-electron chi connectivity index (χ1n) is 5.48. The molecule has 0 aliphatic heterocycles. The first-order valence-corrected chi connectivity index (χ1v) is 8.58. The second-order valence-electron chi connectivity index (χ2n) is 3.84. The molecule has 0 unspecified atom stereocenters. The molecule has 0 aliphatic carbocycles. The Hall–Kier alpha value is -0.940. The monoisotopic (exact) mass is 462 g/mol. The SMILES string of the molecule is CSc1nc(N)n2nc(-c3ccc(Br)c(I)c3)nc2n1. The number of hydrogen-bond donors (Lipinski definition) is 1. The van der Waals surface area contributed by atoms with Gasteiger partial charge in [0.2, 0.25) is 5.95 Å². The van der Waals surface area contributed by atoms with Crippen molar-refractivity contribution in [3.8, 4) is 11.4 Å². The minimum atomic E-state index is 0.282. The summed E-state index contributed by atoms with van der Waals surface area (Å²) in [6, 6.07) is 5.91. The van der Waals surface area contributed by atoms with Crippen LogP contribution >= 0.6 is 50.3 Å². The van der Waals surface area contributed by atoms with E-state index >= 15 is 0 Å². The molecule has 0 amide bonds. The summed E-state index contributed by atoms with van der Waals surface area (Å²) in [5.74, 6) is 1.31. The van der Waals surface area contributed by atoms with Crippen LogP contribution < -0.4 is 5.73 Å². The lowest BCUT2D eigenvalue weighted by Gasteiger charge is -1.98. The average molecular weight is 463 g/mol. The van der Waals surface area contributed by atoms with E-state index in [9.17, 15) is 0 Å². The number of nitrogen functional groups attached to an aromatic ring is 1. The van der Waals surface area contributed by atoms with E-state index in [-0.39, 0.29) is 5.95 Å². The number of hydrogen-bond acceptors (Lipinski definition) is 6. The second-order valence-corrected chi connectivity index (χ2v) is 6.63. The Bertz CT molecular complexity index is 805. The summed E-state index contributed by atoms with van der Waals surface area (Å²) in [6.45, 7) is 0. The molecule has 6 nitrogen and oxygen atoms in total. The van der Waals surface area contributed by atoms with Gasteiger partial charge in [-0.3, -0.25) is 0 Å². The zero-order valence-corrected chi connectivity index (χ0v) is 14.8. The topological polar surface area (TPSA) is 82.0 Å². The standard InChI is InChI=1S/C11H8BrIN6S/c1-20-11-16-9(14)19-10(17-11)15-8(18-19)5-2-3-6(12)7(13)4-5/h2-4H,1H3,(H2,14,15,16,17,18). The first kappa shape index (κ1) is 14.0. The fourth-order valence-electron chi connectivity index (χ4n) is 1.63. The van der Waals surface area contributed by atoms with E-state index in [1.54, 1.807) is 0 Å². The maximum Gasteiger partial charge on any atom is 0.258 e. The number of anilines is 1. The lowest BCUT2D eigenvalue weighted by Crippen LogP contribution is -2.04. The predicted molar refractivity (Wildman–Crippen MR) is 90.6 cm³/mol. The second kappa shape index (κ2) is 5.45. The lowest BCUT2D eigenvalue weighted by molar-refractivity contribution is 0.851. The van der Waals surface area contributed by atoms with Crippen LogP contribution in [-0.2, 0) is 0 Å². The Balaban J connectivity index is 2.17. The van der Waals surface area contributed by atoms with Crippen molar-refractivity contribution in [1.82, 2.24) is 24.6 Å². The molecule has 2 heterocycles. The van der Waals surface area contributed by atoms with E-state index in [2.05, 4.69) is 58.6 Å². The van der Waals surface area contributed by atoms with Crippen LogP contribution in [0, 0.1) is 3.57 Å². The molecule has 0 spiro atoms. The van der Waals surface area contributed by atoms with Gasteiger partial charge in [0.05, 0.1) is 0 Å². The number of nitrogens with two attached hydrogens (primary N) is 1. The van der Waals surface area contributed by atoms with Crippen molar-refractivity contribution in [3.63, 3.8) is 0 Å². The molecule has 0 radical (unpaired) electrons. The van der Waals surface area contributed by atoms with Crippen molar-refractivity contribution >= 4 is 62.0 Å². The summed E-state index contributed by atoms with van der Waals surface area (Å²) in [6.07, 6.45) is 1.89. The van der Waals surface area contributed by atoms with Crippen LogP contribution in [0.25, 0.3) is 17.2 Å². The highest BCUT2D eigenvalue weighted by atomic mass is 127. The van der Waals surface area contributed by atoms with Gasteiger partial charge in [-0.2, -0.15) is 19.5 Å². The molecule has 3 rings (SSSR count). The summed E-state index contributed by atoms with van der Waals surface area (Å²) in [7, 11) is 0. The van der Waals surface area contributed by atoms with Crippen LogP contribution in [0.2, 0.25) is 0 Å². The molecule has 20 heavy (non-hydrogen) atoms. The average Bonchev–Trinajstić information content (AvgIpc) is 2.86. The van der Waals surface area contributed by atoms with Crippen molar-refractivity contribution < 1.29 is 0 Å². The van der Waals surface area contributed by atoms with Gasteiger partial charge in [-0.05, 0) is 63.0 Å². The zero-order valence-electron chi connectivity index (χ0n) is 10.2. The van der Waals surface area contributed by atoms with Crippen molar-refractivity contribution in [1.29, 1.82) is 0 Å². The number of rotatable bonds is 2. The highest BCUT2D eigenvalue weighted by Crippen LogP contribution is 2.25. The van der Waals surface area contributed by atoms with Crippen LogP contribution in [0.4, 0.5) is 5.95 Å². The van der Waals surface area contributed by atoms with E-state index in [0.717, 1.165) is 13.6 Å². The highest BCUT2D eigenvalue weighted by molar-refractivity contribution is 14.1. The third-order valence-corrected chi connectivity index (χ3v) is 5.45. The van der Waals surface area contributed by atoms with Crippen molar-refractivity contribution in [2.75, 3.05) is 12.0 Å². The van der Waals surface area contributed by atoms with Gasteiger partial charge < -0.3 is 5.73 Å². The van der Waals surface area contributed by atoms with Crippen LogP contribution in [0.15, 0.2) is 27.8 Å². The number of aromatic nitrogens is 5. The zero-order chi connectivity index (χ0) is 14.3. The first-order chi connectivity index (χ1) is 9.58. The summed E-state index contributed by atoms with van der Waals surface area (Å²) in [4.78, 5) is 12.8. The Morgan fingerprint density at radius 3 is 2.80 bits per heavy atom. The predicted octanol–water partition coefficient (Wildman–Crippen LogP) is 2.86. The molecule has 2 aromatic heterocycles. The smallest absolute Gasteiger partial charge is 0.258 e. The number of halogens is 2. The number of benzene rings is 1. The van der Waals surface area contributed by atoms with Gasteiger partial charge in [0.25, 0.3) is 5.78 Å². The number of thioether (sulfide) groups is 1. The van der Waals surface area contributed by atoms with Gasteiger partial charge >= 0.3 is 0 Å². The van der Waals surface area contributed by atoms with Crippen LogP contribution in [0.3, 0.4) is 0 Å². The summed E-state index contributed by atoms with van der Waals surface area (Å²) < 4.78 is 3.57. The van der Waals surface area contributed by atoms with Gasteiger partial charge in [0.15, 0.2) is 11.0 Å². The molecule has 2 N–H and O–H groups in total. The number of fused-ring (bicyclic) bond motifs is 1. The minimum absolute atomic E-state index is 0.282. The Labute approximate surface area is 140 Å². The van der Waals surface area contributed by atoms with E-state index < -0.39 is 0 Å². The van der Waals surface area contributed by atoms with Gasteiger partial charge in [-0.25, -0.2) is 0 Å². The van der Waals surface area contributed by atoms with Gasteiger partial charge in [0.1, 0.15) is 0 Å². The highest BCUT2D eigenvalue weighted by Gasteiger charge is 2.12. The number of nitrogens with zero attached hydrogens (tertiary/aromatic N) is 5. The molecule has 0 saturated heterocycles. The van der Waals surface area contributed by atoms with E-state index in [1.807, 2.05) is 24.5 Å². The molecular formula is C11H8BrIN6S. The summed E-state index contributed by atoms with van der Waals surface area (Å²) in [5.41, 5.74) is 6.78. The molecule has 0 atom stereocenters. The van der Waals surface area contributed by atoms with Crippen LogP contribution in [0.5, 0.6) is 0 Å². The third kappa shape index (κ3) is 2.49. The van der Waals surface area contributed by atoms with Crippen molar-refractivity contribution in [3.05, 3.63) is 26.2 Å². The molecule has 1 aromatic carbocycles. The van der Waals surface area contributed by atoms with E-state index in [0.29, 0.717) is 16.8 Å². The Kier molecular flexibility index (Phi) is 3.82. The normalized spacial score (nSPS) is 11.2. The van der Waals surface area contributed by atoms with Crippen molar-refractivity contribution in [2.24, 2.45) is 0 Å². The molecule has 0 aliphatic rings. The lowest BCUT2D eigenvalue weighted by atomic mass is 10.2. The van der Waals surface area contributed by atoms with Crippen LogP contribution in [-0.4, -0.2) is 30.8 Å². The maximum absolute atomic E-state index is 5.87. The molecular weight excluding hydrogens is 455 g/mol. The molecule has 102 valence electrons. The maximum atomic E-state index is 5.87. The van der Waals surface area contributed by atoms with Gasteiger partial charge in [-0.1, -0.05) is 11.8 Å². The van der Waals surface area contributed by atoms with Crippen molar-refractivity contribution in [2.45, 2.75) is 5.16 Å². The molecule has 0 saturated carbocycles.